The number of rotatable bonds is 7. The molecule has 2 aromatic rings. The molecule has 1 amide bonds. The lowest BCUT2D eigenvalue weighted by atomic mass is 10.3. The van der Waals surface area contributed by atoms with Crippen LogP contribution in [0.1, 0.15) is 35.5 Å². The van der Waals surface area contributed by atoms with Crippen molar-refractivity contribution in [1.29, 1.82) is 0 Å². The van der Waals surface area contributed by atoms with Crippen LogP contribution in [0.3, 0.4) is 0 Å². The second kappa shape index (κ2) is 7.37. The SMILES string of the molecule is CCCNc1cccc(C(=O)NCCc2nc(C)no2)n1. The number of amides is 1. The Balaban J connectivity index is 1.85. The second-order valence-electron chi connectivity index (χ2n) is 4.58. The standard InChI is InChI=1S/C14H19N5O2/c1-3-8-15-12-6-4-5-11(18-12)14(20)16-9-7-13-17-10(2)19-21-13/h4-6H,3,7-9H2,1-2H3,(H,15,18)(H,16,20). The first-order valence-electron chi connectivity index (χ1n) is 6.97. The zero-order chi connectivity index (χ0) is 15.1. The van der Waals surface area contributed by atoms with Crippen molar-refractivity contribution in [3.05, 3.63) is 35.6 Å². The molecule has 112 valence electrons. The van der Waals surface area contributed by atoms with E-state index in [-0.39, 0.29) is 5.91 Å². The van der Waals surface area contributed by atoms with Crippen LogP contribution in [0.4, 0.5) is 5.82 Å². The molecule has 0 fully saturated rings. The highest BCUT2D eigenvalue weighted by atomic mass is 16.5. The molecule has 7 heteroatoms. The normalized spacial score (nSPS) is 10.4. The van der Waals surface area contributed by atoms with Gasteiger partial charge in [0.2, 0.25) is 5.89 Å². The van der Waals surface area contributed by atoms with Gasteiger partial charge in [-0.05, 0) is 25.5 Å². The number of nitrogens with one attached hydrogen (secondary N) is 2. The van der Waals surface area contributed by atoms with Gasteiger partial charge in [0.05, 0.1) is 0 Å². The highest BCUT2D eigenvalue weighted by molar-refractivity contribution is 5.92. The summed E-state index contributed by atoms with van der Waals surface area (Å²) in [6.45, 7) is 5.08. The minimum Gasteiger partial charge on any atom is -0.370 e. The van der Waals surface area contributed by atoms with Crippen molar-refractivity contribution >= 4 is 11.7 Å². The summed E-state index contributed by atoms with van der Waals surface area (Å²) in [5, 5.41) is 9.63. The number of pyridine rings is 1. The summed E-state index contributed by atoms with van der Waals surface area (Å²) in [5.74, 6) is 1.59. The summed E-state index contributed by atoms with van der Waals surface area (Å²) in [7, 11) is 0. The van der Waals surface area contributed by atoms with Crippen molar-refractivity contribution in [2.45, 2.75) is 26.7 Å². The molecule has 2 aromatic heterocycles. The summed E-state index contributed by atoms with van der Waals surface area (Å²) in [4.78, 5) is 20.3. The lowest BCUT2D eigenvalue weighted by molar-refractivity contribution is 0.0948. The number of carbonyl (C=O) groups is 1. The predicted molar refractivity (Wildman–Crippen MR) is 78.1 cm³/mol. The molecule has 0 saturated carbocycles. The van der Waals surface area contributed by atoms with Gasteiger partial charge in [-0.25, -0.2) is 4.98 Å². The van der Waals surface area contributed by atoms with Crippen molar-refractivity contribution in [2.75, 3.05) is 18.4 Å². The molecule has 0 spiro atoms. The van der Waals surface area contributed by atoms with E-state index in [0.717, 1.165) is 13.0 Å². The van der Waals surface area contributed by atoms with Crippen LogP contribution in [-0.2, 0) is 6.42 Å². The topological polar surface area (TPSA) is 92.9 Å². The molecule has 0 atom stereocenters. The Morgan fingerprint density at radius 1 is 1.29 bits per heavy atom. The molecule has 0 aliphatic carbocycles. The van der Waals surface area contributed by atoms with Gasteiger partial charge in [-0.1, -0.05) is 18.1 Å². The van der Waals surface area contributed by atoms with Crippen LogP contribution in [0.5, 0.6) is 0 Å². The van der Waals surface area contributed by atoms with Gasteiger partial charge in [-0.15, -0.1) is 0 Å². The summed E-state index contributed by atoms with van der Waals surface area (Å²) in [5.41, 5.74) is 0.387. The third-order valence-corrected chi connectivity index (χ3v) is 2.73. The quantitative estimate of drug-likeness (QED) is 0.803. The monoisotopic (exact) mass is 289 g/mol. The Morgan fingerprint density at radius 3 is 2.86 bits per heavy atom. The molecular weight excluding hydrogens is 270 g/mol. The molecule has 7 nitrogen and oxygen atoms in total. The van der Waals surface area contributed by atoms with Gasteiger partial charge in [-0.3, -0.25) is 4.79 Å². The Hall–Kier alpha value is -2.44. The van der Waals surface area contributed by atoms with Crippen LogP contribution in [0.2, 0.25) is 0 Å². The maximum absolute atomic E-state index is 12.0. The van der Waals surface area contributed by atoms with Gasteiger partial charge < -0.3 is 15.2 Å². The van der Waals surface area contributed by atoms with E-state index in [1.54, 1.807) is 19.1 Å². The van der Waals surface area contributed by atoms with E-state index in [9.17, 15) is 4.79 Å². The van der Waals surface area contributed by atoms with Gasteiger partial charge >= 0.3 is 0 Å². The molecule has 0 unspecified atom stereocenters. The minimum absolute atomic E-state index is 0.216. The van der Waals surface area contributed by atoms with E-state index in [1.165, 1.54) is 0 Å². The van der Waals surface area contributed by atoms with Crippen LogP contribution in [0.25, 0.3) is 0 Å². The molecule has 0 bridgehead atoms. The highest BCUT2D eigenvalue weighted by Crippen LogP contribution is 2.05. The molecule has 0 aliphatic rings. The van der Waals surface area contributed by atoms with Crippen molar-refractivity contribution in [2.24, 2.45) is 0 Å². The maximum Gasteiger partial charge on any atom is 0.269 e. The Morgan fingerprint density at radius 2 is 2.14 bits per heavy atom. The molecular formula is C14H19N5O2. The van der Waals surface area contributed by atoms with Gasteiger partial charge in [0.25, 0.3) is 5.91 Å². The van der Waals surface area contributed by atoms with Gasteiger partial charge in [-0.2, -0.15) is 4.98 Å². The van der Waals surface area contributed by atoms with Crippen molar-refractivity contribution in [3.63, 3.8) is 0 Å². The zero-order valence-electron chi connectivity index (χ0n) is 12.2. The van der Waals surface area contributed by atoms with Crippen molar-refractivity contribution < 1.29 is 9.32 Å². The van der Waals surface area contributed by atoms with Crippen LogP contribution in [-0.4, -0.2) is 34.1 Å². The Bertz CT molecular complexity index is 597. The average Bonchev–Trinajstić information content (AvgIpc) is 2.91. The van der Waals surface area contributed by atoms with E-state index < -0.39 is 0 Å². The third-order valence-electron chi connectivity index (χ3n) is 2.73. The number of nitrogens with zero attached hydrogens (tertiary/aromatic N) is 3. The lowest BCUT2D eigenvalue weighted by Crippen LogP contribution is -2.26. The van der Waals surface area contributed by atoms with Crippen LogP contribution < -0.4 is 10.6 Å². The second-order valence-corrected chi connectivity index (χ2v) is 4.58. The number of anilines is 1. The lowest BCUT2D eigenvalue weighted by Gasteiger charge is -2.06. The Labute approximate surface area is 123 Å². The largest absolute Gasteiger partial charge is 0.370 e. The molecule has 2 heterocycles. The molecule has 0 saturated heterocycles. The zero-order valence-corrected chi connectivity index (χ0v) is 12.2. The number of hydrogen-bond acceptors (Lipinski definition) is 6. The first kappa shape index (κ1) is 15.0. The molecule has 0 aliphatic heterocycles. The summed E-state index contributed by atoms with van der Waals surface area (Å²) >= 11 is 0. The van der Waals surface area contributed by atoms with Crippen LogP contribution in [0, 0.1) is 6.92 Å². The first-order chi connectivity index (χ1) is 10.2. The van der Waals surface area contributed by atoms with E-state index in [2.05, 4.69) is 32.7 Å². The highest BCUT2D eigenvalue weighted by Gasteiger charge is 2.08. The number of hydrogen-bond donors (Lipinski definition) is 2. The maximum atomic E-state index is 12.0. The Kier molecular flexibility index (Phi) is 5.25. The first-order valence-corrected chi connectivity index (χ1v) is 6.97. The molecule has 21 heavy (non-hydrogen) atoms. The molecule has 2 rings (SSSR count). The predicted octanol–water partition coefficient (Wildman–Crippen LogP) is 1.57. The summed E-state index contributed by atoms with van der Waals surface area (Å²) in [6, 6.07) is 5.33. The van der Waals surface area contributed by atoms with E-state index in [1.807, 2.05) is 6.07 Å². The van der Waals surface area contributed by atoms with E-state index in [4.69, 9.17) is 4.52 Å². The van der Waals surface area contributed by atoms with Gasteiger partial charge in [0.1, 0.15) is 11.5 Å². The van der Waals surface area contributed by atoms with Gasteiger partial charge in [0, 0.05) is 19.5 Å². The number of carbonyl (C=O) groups excluding carboxylic acids is 1. The molecule has 0 aromatic carbocycles. The van der Waals surface area contributed by atoms with Crippen LogP contribution >= 0.6 is 0 Å². The van der Waals surface area contributed by atoms with E-state index in [0.29, 0.717) is 36.2 Å². The summed E-state index contributed by atoms with van der Waals surface area (Å²) in [6.07, 6.45) is 1.50. The smallest absolute Gasteiger partial charge is 0.269 e. The summed E-state index contributed by atoms with van der Waals surface area (Å²) < 4.78 is 4.98. The number of aromatic nitrogens is 3. The minimum atomic E-state index is -0.216. The fourth-order valence-corrected chi connectivity index (χ4v) is 1.73. The van der Waals surface area contributed by atoms with E-state index >= 15 is 0 Å². The fraction of sp³-hybridized carbons (Fsp3) is 0.429. The average molecular weight is 289 g/mol. The van der Waals surface area contributed by atoms with Gasteiger partial charge in [0.15, 0.2) is 5.82 Å². The molecule has 2 N–H and O–H groups in total. The van der Waals surface area contributed by atoms with Crippen molar-refractivity contribution in [1.82, 2.24) is 20.4 Å². The third kappa shape index (κ3) is 4.55. The fourth-order valence-electron chi connectivity index (χ4n) is 1.73. The van der Waals surface area contributed by atoms with Crippen molar-refractivity contribution in [3.8, 4) is 0 Å². The van der Waals surface area contributed by atoms with Crippen LogP contribution in [0.15, 0.2) is 22.7 Å². The molecule has 0 radical (unpaired) electrons. The number of aryl methyl sites for hydroxylation is 1.